The Morgan fingerprint density at radius 2 is 1.95 bits per heavy atom. The van der Waals surface area contributed by atoms with Crippen LogP contribution in [0.4, 0.5) is 14.5 Å². The molecule has 5 heteroatoms. The summed E-state index contributed by atoms with van der Waals surface area (Å²) in [6, 6.07) is 11.6. The molecule has 0 saturated carbocycles. The molecule has 1 unspecified atom stereocenters. The molecule has 2 rings (SSSR count). The fourth-order valence-electron chi connectivity index (χ4n) is 1.92. The van der Waals surface area contributed by atoms with E-state index in [9.17, 15) is 13.6 Å². The smallest absolute Gasteiger partial charge is 0.237 e. The lowest BCUT2D eigenvalue weighted by Crippen LogP contribution is -2.22. The van der Waals surface area contributed by atoms with Gasteiger partial charge in [0, 0.05) is 17.0 Å². The Bertz CT molecular complexity index is 675. The van der Waals surface area contributed by atoms with Crippen LogP contribution in [0.3, 0.4) is 0 Å². The molecule has 2 nitrogen and oxygen atoms in total. The van der Waals surface area contributed by atoms with Crippen LogP contribution in [-0.4, -0.2) is 11.2 Å². The summed E-state index contributed by atoms with van der Waals surface area (Å²) in [6.07, 6.45) is 0. The summed E-state index contributed by atoms with van der Waals surface area (Å²) >= 11 is 1.27. The summed E-state index contributed by atoms with van der Waals surface area (Å²) in [5, 5.41) is 2.45. The van der Waals surface area contributed by atoms with Crippen molar-refractivity contribution >= 4 is 23.4 Å². The number of carbonyl (C=O) groups is 1. The van der Waals surface area contributed by atoms with Crippen LogP contribution in [0, 0.1) is 18.6 Å². The van der Waals surface area contributed by atoms with Crippen LogP contribution in [0.5, 0.6) is 0 Å². The van der Waals surface area contributed by atoms with Gasteiger partial charge in [0.25, 0.3) is 0 Å². The van der Waals surface area contributed by atoms with Gasteiger partial charge in [-0.2, -0.15) is 0 Å². The molecule has 1 amide bonds. The van der Waals surface area contributed by atoms with Crippen molar-refractivity contribution in [3.63, 3.8) is 0 Å². The molecule has 1 atom stereocenters. The Labute approximate surface area is 132 Å². The minimum absolute atomic E-state index is 0.160. The Balaban J connectivity index is 1.93. The van der Waals surface area contributed by atoms with Crippen molar-refractivity contribution in [2.24, 2.45) is 0 Å². The molecule has 0 aromatic heterocycles. The number of halogens is 2. The van der Waals surface area contributed by atoms with Gasteiger partial charge in [-0.05, 0) is 37.6 Å². The molecule has 0 radical (unpaired) electrons. The molecular weight excluding hydrogens is 304 g/mol. The third kappa shape index (κ3) is 4.31. The summed E-state index contributed by atoms with van der Waals surface area (Å²) in [4.78, 5) is 12.1. The van der Waals surface area contributed by atoms with Crippen molar-refractivity contribution in [2.75, 3.05) is 5.32 Å². The van der Waals surface area contributed by atoms with Crippen molar-refractivity contribution in [1.82, 2.24) is 0 Å². The third-order valence-corrected chi connectivity index (χ3v) is 4.37. The van der Waals surface area contributed by atoms with Crippen LogP contribution in [0.2, 0.25) is 0 Å². The molecule has 22 heavy (non-hydrogen) atoms. The lowest BCUT2D eigenvalue weighted by Gasteiger charge is -2.13. The second-order valence-corrected chi connectivity index (χ2v) is 6.35. The van der Waals surface area contributed by atoms with Crippen LogP contribution >= 0.6 is 11.8 Å². The monoisotopic (exact) mass is 321 g/mol. The number of thioether (sulfide) groups is 1. The second kappa shape index (κ2) is 7.40. The standard InChI is InChI=1S/C17H17F2NOS/c1-11-5-3-7-14(9-11)20-17(21)12(2)22-10-13-6-4-8-15(18)16(13)19/h3-9,12H,10H2,1-2H3,(H,20,21). The van der Waals surface area contributed by atoms with Crippen LogP contribution in [0.1, 0.15) is 18.1 Å². The lowest BCUT2D eigenvalue weighted by atomic mass is 10.2. The van der Waals surface area contributed by atoms with E-state index in [2.05, 4.69) is 5.32 Å². The van der Waals surface area contributed by atoms with E-state index >= 15 is 0 Å². The number of rotatable bonds is 5. The lowest BCUT2D eigenvalue weighted by molar-refractivity contribution is -0.115. The van der Waals surface area contributed by atoms with E-state index in [0.717, 1.165) is 17.3 Å². The van der Waals surface area contributed by atoms with Crippen molar-refractivity contribution in [1.29, 1.82) is 0 Å². The molecule has 2 aromatic rings. The molecule has 2 aromatic carbocycles. The minimum Gasteiger partial charge on any atom is -0.325 e. The van der Waals surface area contributed by atoms with Crippen LogP contribution < -0.4 is 5.32 Å². The Hall–Kier alpha value is -1.88. The van der Waals surface area contributed by atoms with Crippen LogP contribution in [-0.2, 0) is 10.5 Å². The number of hydrogen-bond acceptors (Lipinski definition) is 2. The average molecular weight is 321 g/mol. The number of amides is 1. The predicted octanol–water partition coefficient (Wildman–Crippen LogP) is 4.53. The summed E-state index contributed by atoms with van der Waals surface area (Å²) in [5.74, 6) is -1.63. The van der Waals surface area contributed by atoms with Gasteiger partial charge in [0.05, 0.1) is 5.25 Å². The van der Waals surface area contributed by atoms with E-state index in [1.54, 1.807) is 6.92 Å². The van der Waals surface area contributed by atoms with Crippen molar-refractivity contribution in [3.05, 3.63) is 65.2 Å². The van der Waals surface area contributed by atoms with E-state index in [1.807, 2.05) is 31.2 Å². The summed E-state index contributed by atoms with van der Waals surface area (Å²) < 4.78 is 26.7. The van der Waals surface area contributed by atoms with Gasteiger partial charge >= 0.3 is 0 Å². The molecule has 0 aliphatic rings. The minimum atomic E-state index is -0.866. The second-order valence-electron chi connectivity index (χ2n) is 5.02. The molecule has 0 aliphatic heterocycles. The normalized spacial score (nSPS) is 12.0. The molecule has 0 fully saturated rings. The third-order valence-electron chi connectivity index (χ3n) is 3.18. The van der Waals surface area contributed by atoms with Crippen LogP contribution in [0.15, 0.2) is 42.5 Å². The maximum absolute atomic E-state index is 13.6. The van der Waals surface area contributed by atoms with E-state index in [0.29, 0.717) is 0 Å². The SMILES string of the molecule is Cc1cccc(NC(=O)C(C)SCc2cccc(F)c2F)c1. The van der Waals surface area contributed by atoms with Gasteiger partial charge in [0.1, 0.15) is 0 Å². The van der Waals surface area contributed by atoms with Crippen molar-refractivity contribution < 1.29 is 13.6 Å². The highest BCUT2D eigenvalue weighted by Gasteiger charge is 2.15. The van der Waals surface area contributed by atoms with Crippen LogP contribution in [0.25, 0.3) is 0 Å². The molecule has 0 aliphatic carbocycles. The van der Waals surface area contributed by atoms with E-state index in [-0.39, 0.29) is 22.5 Å². The maximum Gasteiger partial charge on any atom is 0.237 e. The first-order chi connectivity index (χ1) is 10.5. The highest BCUT2D eigenvalue weighted by Crippen LogP contribution is 2.22. The van der Waals surface area contributed by atoms with Gasteiger partial charge < -0.3 is 5.32 Å². The molecule has 0 bridgehead atoms. The highest BCUT2D eigenvalue weighted by molar-refractivity contribution is 7.99. The number of nitrogens with one attached hydrogen (secondary N) is 1. The van der Waals surface area contributed by atoms with Gasteiger partial charge in [-0.1, -0.05) is 24.3 Å². The Morgan fingerprint density at radius 3 is 2.68 bits per heavy atom. The number of anilines is 1. The van der Waals surface area contributed by atoms with E-state index < -0.39 is 11.6 Å². The highest BCUT2D eigenvalue weighted by atomic mass is 32.2. The summed E-state index contributed by atoms with van der Waals surface area (Å²) in [7, 11) is 0. The molecule has 116 valence electrons. The number of aryl methyl sites for hydroxylation is 1. The quantitative estimate of drug-likeness (QED) is 0.876. The molecule has 0 spiro atoms. The molecule has 1 N–H and O–H groups in total. The zero-order chi connectivity index (χ0) is 16.1. The molecule has 0 heterocycles. The van der Waals surface area contributed by atoms with E-state index in [1.165, 1.54) is 23.9 Å². The summed E-state index contributed by atoms with van der Waals surface area (Å²) in [5.41, 5.74) is 2.05. The zero-order valence-electron chi connectivity index (χ0n) is 12.4. The van der Waals surface area contributed by atoms with Crippen molar-refractivity contribution in [3.8, 4) is 0 Å². The Morgan fingerprint density at radius 1 is 1.23 bits per heavy atom. The largest absolute Gasteiger partial charge is 0.325 e. The fraction of sp³-hybridized carbons (Fsp3) is 0.235. The predicted molar refractivity (Wildman–Crippen MR) is 86.9 cm³/mol. The zero-order valence-corrected chi connectivity index (χ0v) is 13.2. The van der Waals surface area contributed by atoms with Gasteiger partial charge in [-0.25, -0.2) is 8.78 Å². The summed E-state index contributed by atoms with van der Waals surface area (Å²) in [6.45, 7) is 3.69. The van der Waals surface area contributed by atoms with Gasteiger partial charge in [0.2, 0.25) is 5.91 Å². The molecule has 0 saturated heterocycles. The first-order valence-corrected chi connectivity index (χ1v) is 7.94. The van der Waals surface area contributed by atoms with E-state index in [4.69, 9.17) is 0 Å². The first-order valence-electron chi connectivity index (χ1n) is 6.89. The number of benzene rings is 2. The molecular formula is C17H17F2NOS. The number of carbonyl (C=O) groups excluding carboxylic acids is 1. The number of hydrogen-bond donors (Lipinski definition) is 1. The van der Waals surface area contributed by atoms with Gasteiger partial charge in [-0.15, -0.1) is 11.8 Å². The Kier molecular flexibility index (Phi) is 5.55. The fourth-order valence-corrected chi connectivity index (χ4v) is 2.78. The van der Waals surface area contributed by atoms with Gasteiger partial charge in [-0.3, -0.25) is 4.79 Å². The topological polar surface area (TPSA) is 29.1 Å². The van der Waals surface area contributed by atoms with Gasteiger partial charge in [0.15, 0.2) is 11.6 Å². The average Bonchev–Trinajstić information content (AvgIpc) is 2.48. The van der Waals surface area contributed by atoms with Crippen molar-refractivity contribution in [2.45, 2.75) is 24.9 Å². The maximum atomic E-state index is 13.6. The first kappa shape index (κ1) is 16.5.